The molecule has 0 bridgehead atoms. The van der Waals surface area contributed by atoms with Gasteiger partial charge in [0.2, 0.25) is 0 Å². The van der Waals surface area contributed by atoms with Crippen molar-refractivity contribution >= 4 is 23.5 Å². The lowest BCUT2D eigenvalue weighted by molar-refractivity contribution is -0.307. The lowest BCUT2D eigenvalue weighted by Crippen LogP contribution is -2.49. The fraction of sp³-hybridized carbons (Fsp3) is 0.478. The average Bonchev–Trinajstić information content (AvgIpc) is 2.73. The van der Waals surface area contributed by atoms with Gasteiger partial charge in [-0.3, -0.25) is 0 Å². The Balaban J connectivity index is 1.30. The van der Waals surface area contributed by atoms with E-state index in [-0.39, 0.29) is 5.79 Å². The first-order valence-electron chi connectivity index (χ1n) is 10.0. The lowest BCUT2D eigenvalue weighted by Gasteiger charge is -2.46. The average molecular weight is 401 g/mol. The van der Waals surface area contributed by atoms with E-state index in [1.807, 2.05) is 23.5 Å². The molecule has 0 amide bonds. The maximum Gasteiger partial charge on any atom is 0.169 e. The van der Waals surface area contributed by atoms with Gasteiger partial charge < -0.3 is 9.47 Å². The number of hydrogen-bond donors (Lipinski definition) is 0. The number of thioether (sulfide) groups is 2. The van der Waals surface area contributed by atoms with Crippen molar-refractivity contribution in [1.29, 1.82) is 0 Å². The summed E-state index contributed by atoms with van der Waals surface area (Å²) in [5, 5.41) is 0. The minimum Gasteiger partial charge on any atom is -0.346 e. The van der Waals surface area contributed by atoms with Crippen LogP contribution >= 0.6 is 23.5 Å². The van der Waals surface area contributed by atoms with Crippen LogP contribution in [0.4, 0.5) is 0 Å². The molecule has 144 valence electrons. The Kier molecular flexibility index (Phi) is 6.82. The molecule has 0 aromatic heterocycles. The van der Waals surface area contributed by atoms with Crippen molar-refractivity contribution in [2.24, 2.45) is 0 Å². The molecule has 2 atom stereocenters. The lowest BCUT2D eigenvalue weighted by atomic mass is 9.93. The molecule has 2 aromatic rings. The fourth-order valence-electron chi connectivity index (χ4n) is 3.96. The quantitative estimate of drug-likeness (QED) is 0.522. The molecule has 4 heteroatoms. The Morgan fingerprint density at radius 2 is 1.15 bits per heavy atom. The molecule has 2 aromatic carbocycles. The van der Waals surface area contributed by atoms with E-state index >= 15 is 0 Å². The molecule has 1 spiro atoms. The predicted octanol–water partition coefficient (Wildman–Crippen LogP) is 6.41. The highest BCUT2D eigenvalue weighted by atomic mass is 32.2. The van der Waals surface area contributed by atoms with Gasteiger partial charge in [0.05, 0.1) is 12.2 Å². The first kappa shape index (κ1) is 19.4. The van der Waals surface area contributed by atoms with Crippen molar-refractivity contribution in [3.8, 4) is 0 Å². The summed E-state index contributed by atoms with van der Waals surface area (Å²) in [5.41, 5.74) is 0. The van der Waals surface area contributed by atoms with E-state index in [0.717, 1.165) is 37.2 Å². The summed E-state index contributed by atoms with van der Waals surface area (Å²) >= 11 is 3.80. The third-order valence-electron chi connectivity index (χ3n) is 5.29. The molecule has 2 saturated heterocycles. The van der Waals surface area contributed by atoms with Gasteiger partial charge in [-0.15, -0.1) is 23.5 Å². The topological polar surface area (TPSA) is 18.5 Å². The van der Waals surface area contributed by atoms with Crippen LogP contribution < -0.4 is 0 Å². The molecule has 0 unspecified atom stereocenters. The van der Waals surface area contributed by atoms with Gasteiger partial charge in [0, 0.05) is 34.1 Å². The van der Waals surface area contributed by atoms with Gasteiger partial charge in [0.15, 0.2) is 5.79 Å². The third kappa shape index (κ3) is 5.54. The second-order valence-corrected chi connectivity index (χ2v) is 9.61. The maximum atomic E-state index is 6.57. The van der Waals surface area contributed by atoms with Gasteiger partial charge in [-0.2, -0.15) is 0 Å². The summed E-state index contributed by atoms with van der Waals surface area (Å²) in [6, 6.07) is 21.3. The molecule has 27 heavy (non-hydrogen) atoms. The van der Waals surface area contributed by atoms with Crippen LogP contribution in [0.3, 0.4) is 0 Å². The molecule has 2 fully saturated rings. The van der Waals surface area contributed by atoms with Crippen LogP contribution in [0.2, 0.25) is 0 Å². The molecule has 4 rings (SSSR count). The Bertz CT molecular complexity index is 631. The van der Waals surface area contributed by atoms with Gasteiger partial charge in [-0.05, 0) is 49.9 Å². The molecule has 0 N–H and O–H groups in total. The van der Waals surface area contributed by atoms with Crippen LogP contribution in [0.25, 0.3) is 0 Å². The van der Waals surface area contributed by atoms with Crippen molar-refractivity contribution in [2.75, 3.05) is 11.5 Å². The van der Waals surface area contributed by atoms with Crippen LogP contribution in [0.1, 0.15) is 38.5 Å². The van der Waals surface area contributed by atoms with Crippen LogP contribution in [-0.4, -0.2) is 29.5 Å². The summed E-state index contributed by atoms with van der Waals surface area (Å²) in [6.45, 7) is 0. The summed E-state index contributed by atoms with van der Waals surface area (Å²) in [4.78, 5) is 2.64. The standard InChI is InChI=1S/C23H28O2S2/c1-3-11-21(12-4-1)26-17-19-9-7-15-23(24-19)16-8-10-20(25-23)18-27-22-13-5-2-6-14-22/h1-6,11-14,19-20H,7-10,15-18H2/t19-,20-,23?/m0/s1. The first-order valence-corrected chi connectivity index (χ1v) is 12.0. The predicted molar refractivity (Wildman–Crippen MR) is 115 cm³/mol. The summed E-state index contributed by atoms with van der Waals surface area (Å²) < 4.78 is 13.1. The molecule has 0 aliphatic carbocycles. The Hall–Kier alpha value is -0.940. The zero-order chi connectivity index (χ0) is 18.4. The van der Waals surface area contributed by atoms with Crippen molar-refractivity contribution in [1.82, 2.24) is 0 Å². The third-order valence-corrected chi connectivity index (χ3v) is 7.58. The highest BCUT2D eigenvalue weighted by Crippen LogP contribution is 2.41. The zero-order valence-corrected chi connectivity index (χ0v) is 17.4. The van der Waals surface area contributed by atoms with E-state index in [0.29, 0.717) is 12.2 Å². The van der Waals surface area contributed by atoms with Crippen LogP contribution in [0.15, 0.2) is 70.5 Å². The number of hydrogen-bond acceptors (Lipinski definition) is 4. The molecular formula is C23H28O2S2. The highest BCUT2D eigenvalue weighted by Gasteiger charge is 2.42. The van der Waals surface area contributed by atoms with E-state index in [9.17, 15) is 0 Å². The molecule has 2 nitrogen and oxygen atoms in total. The number of rotatable bonds is 6. The van der Waals surface area contributed by atoms with E-state index in [2.05, 4.69) is 60.7 Å². The van der Waals surface area contributed by atoms with Crippen LogP contribution in [0.5, 0.6) is 0 Å². The number of benzene rings is 2. The normalized spacial score (nSPS) is 24.7. The van der Waals surface area contributed by atoms with Gasteiger partial charge in [0.25, 0.3) is 0 Å². The zero-order valence-electron chi connectivity index (χ0n) is 15.7. The molecule has 0 saturated carbocycles. The maximum absolute atomic E-state index is 6.57. The van der Waals surface area contributed by atoms with E-state index in [1.165, 1.54) is 22.6 Å². The summed E-state index contributed by atoms with van der Waals surface area (Å²) in [5.74, 6) is 1.69. The monoisotopic (exact) mass is 400 g/mol. The summed E-state index contributed by atoms with van der Waals surface area (Å²) in [7, 11) is 0. The molecule has 2 heterocycles. The van der Waals surface area contributed by atoms with E-state index in [1.54, 1.807) is 0 Å². The van der Waals surface area contributed by atoms with Crippen molar-refractivity contribution in [3.05, 3.63) is 60.7 Å². The van der Waals surface area contributed by atoms with Crippen LogP contribution in [0, 0.1) is 0 Å². The Morgan fingerprint density at radius 1 is 0.704 bits per heavy atom. The minimum atomic E-state index is -0.333. The van der Waals surface area contributed by atoms with E-state index in [4.69, 9.17) is 9.47 Å². The van der Waals surface area contributed by atoms with Gasteiger partial charge in [0.1, 0.15) is 0 Å². The largest absolute Gasteiger partial charge is 0.346 e. The summed E-state index contributed by atoms with van der Waals surface area (Å²) in [6.07, 6.45) is 7.40. The fourth-order valence-corrected chi connectivity index (χ4v) is 5.88. The first-order chi connectivity index (χ1) is 13.3. The van der Waals surface area contributed by atoms with Crippen molar-refractivity contribution in [3.63, 3.8) is 0 Å². The SMILES string of the molecule is c1ccc(SC[C@@H]2CCCC3(CCC[C@@H](CSc4ccccc4)O3)O2)cc1. The van der Waals surface area contributed by atoms with Crippen molar-refractivity contribution < 1.29 is 9.47 Å². The molecular weight excluding hydrogens is 372 g/mol. The van der Waals surface area contributed by atoms with Gasteiger partial charge in [-0.1, -0.05) is 36.4 Å². The molecule has 2 aliphatic rings. The second-order valence-electron chi connectivity index (χ2n) is 7.42. The molecule has 2 aliphatic heterocycles. The highest BCUT2D eigenvalue weighted by molar-refractivity contribution is 7.99. The Morgan fingerprint density at radius 3 is 1.59 bits per heavy atom. The molecule has 0 radical (unpaired) electrons. The Labute approximate surface area is 171 Å². The smallest absolute Gasteiger partial charge is 0.169 e. The minimum absolute atomic E-state index is 0.296. The van der Waals surface area contributed by atoms with Gasteiger partial charge >= 0.3 is 0 Å². The van der Waals surface area contributed by atoms with Gasteiger partial charge in [-0.25, -0.2) is 0 Å². The van der Waals surface area contributed by atoms with Crippen LogP contribution in [-0.2, 0) is 9.47 Å². The second kappa shape index (κ2) is 9.51. The number of ether oxygens (including phenoxy) is 2. The van der Waals surface area contributed by atoms with E-state index < -0.39 is 0 Å². The van der Waals surface area contributed by atoms with Crippen molar-refractivity contribution in [2.45, 2.75) is 66.3 Å².